The van der Waals surface area contributed by atoms with Gasteiger partial charge in [0.15, 0.2) is 0 Å². The van der Waals surface area contributed by atoms with Gasteiger partial charge in [-0.05, 0) is 23.8 Å². The number of nitrogens with one attached hydrogen (secondary N) is 1. The van der Waals surface area contributed by atoms with Crippen molar-refractivity contribution in [3.05, 3.63) is 60.7 Å². The standard InChI is InChI=1S/C15H15N5O3S/c1-23-13-6-2-3-7-14(13)24(21,22)19-15-17-11-20(18-15)10-12-5-4-8-16-9-12/h2-9,11H,10H2,1H3,(H,18,19). The van der Waals surface area contributed by atoms with Crippen molar-refractivity contribution in [1.29, 1.82) is 0 Å². The van der Waals surface area contributed by atoms with Crippen LogP contribution in [0.5, 0.6) is 5.75 Å². The Morgan fingerprint density at radius 3 is 2.79 bits per heavy atom. The van der Waals surface area contributed by atoms with Crippen LogP contribution in [-0.2, 0) is 16.6 Å². The average Bonchev–Trinajstić information content (AvgIpc) is 3.02. The van der Waals surface area contributed by atoms with Crippen LogP contribution in [0.25, 0.3) is 0 Å². The van der Waals surface area contributed by atoms with E-state index in [1.54, 1.807) is 30.6 Å². The zero-order chi connectivity index (χ0) is 17.0. The lowest BCUT2D eigenvalue weighted by molar-refractivity contribution is 0.403. The summed E-state index contributed by atoms with van der Waals surface area (Å²) in [4.78, 5) is 8.02. The average molecular weight is 345 g/mol. The third-order valence-electron chi connectivity index (χ3n) is 3.19. The molecule has 3 aromatic rings. The van der Waals surface area contributed by atoms with E-state index in [1.807, 2.05) is 12.1 Å². The van der Waals surface area contributed by atoms with Gasteiger partial charge in [-0.15, -0.1) is 5.10 Å². The van der Waals surface area contributed by atoms with Crippen molar-refractivity contribution in [2.45, 2.75) is 11.4 Å². The van der Waals surface area contributed by atoms with E-state index in [-0.39, 0.29) is 16.6 Å². The molecule has 0 atom stereocenters. The minimum Gasteiger partial charge on any atom is -0.495 e. The molecule has 2 heterocycles. The van der Waals surface area contributed by atoms with Gasteiger partial charge in [-0.3, -0.25) is 4.98 Å². The van der Waals surface area contributed by atoms with Gasteiger partial charge in [0, 0.05) is 12.4 Å². The molecule has 0 aliphatic carbocycles. The van der Waals surface area contributed by atoms with E-state index in [1.165, 1.54) is 24.2 Å². The summed E-state index contributed by atoms with van der Waals surface area (Å²) < 4.78 is 33.9. The van der Waals surface area contributed by atoms with Crippen LogP contribution in [0.15, 0.2) is 60.0 Å². The minimum absolute atomic E-state index is 0.00945. The van der Waals surface area contributed by atoms with Crippen LogP contribution < -0.4 is 9.46 Å². The molecule has 0 saturated heterocycles. The largest absolute Gasteiger partial charge is 0.495 e. The molecular formula is C15H15N5O3S. The highest BCUT2D eigenvalue weighted by Crippen LogP contribution is 2.24. The number of nitrogens with zero attached hydrogens (tertiary/aromatic N) is 4. The molecule has 0 aliphatic heterocycles. The summed E-state index contributed by atoms with van der Waals surface area (Å²) in [5.41, 5.74) is 0.932. The summed E-state index contributed by atoms with van der Waals surface area (Å²) in [6.45, 7) is 0.442. The molecule has 0 amide bonds. The molecule has 2 aromatic heterocycles. The second kappa shape index (κ2) is 6.67. The molecular weight excluding hydrogens is 330 g/mol. The number of para-hydroxylation sites is 1. The Kier molecular flexibility index (Phi) is 4.43. The fraction of sp³-hybridized carbons (Fsp3) is 0.133. The Balaban J connectivity index is 1.79. The number of rotatable bonds is 6. The Morgan fingerprint density at radius 1 is 1.21 bits per heavy atom. The minimum atomic E-state index is -3.84. The molecule has 0 spiro atoms. The van der Waals surface area contributed by atoms with Crippen molar-refractivity contribution in [2.24, 2.45) is 0 Å². The van der Waals surface area contributed by atoms with Gasteiger partial charge in [0.05, 0.1) is 13.7 Å². The maximum atomic E-state index is 12.5. The molecule has 0 radical (unpaired) electrons. The summed E-state index contributed by atoms with van der Waals surface area (Å²) in [7, 11) is -2.43. The molecule has 1 N–H and O–H groups in total. The highest BCUT2D eigenvalue weighted by atomic mass is 32.2. The molecule has 9 heteroatoms. The topological polar surface area (TPSA) is 99.0 Å². The van der Waals surface area contributed by atoms with Gasteiger partial charge >= 0.3 is 0 Å². The van der Waals surface area contributed by atoms with Crippen LogP contribution in [0.3, 0.4) is 0 Å². The van der Waals surface area contributed by atoms with Gasteiger partial charge in [0.2, 0.25) is 0 Å². The molecule has 0 fully saturated rings. The second-order valence-corrected chi connectivity index (χ2v) is 6.53. The maximum absolute atomic E-state index is 12.5. The van der Waals surface area contributed by atoms with Gasteiger partial charge in [-0.1, -0.05) is 18.2 Å². The summed E-state index contributed by atoms with van der Waals surface area (Å²) >= 11 is 0. The monoisotopic (exact) mass is 345 g/mol. The number of ether oxygens (including phenoxy) is 1. The molecule has 8 nitrogen and oxygen atoms in total. The van der Waals surface area contributed by atoms with E-state index in [9.17, 15) is 8.42 Å². The van der Waals surface area contributed by atoms with Crippen molar-refractivity contribution in [3.8, 4) is 5.75 Å². The van der Waals surface area contributed by atoms with Gasteiger partial charge in [0.25, 0.3) is 16.0 Å². The van der Waals surface area contributed by atoms with Crippen LogP contribution in [0.2, 0.25) is 0 Å². The first kappa shape index (κ1) is 15.9. The van der Waals surface area contributed by atoms with E-state index in [2.05, 4.69) is 19.8 Å². The van der Waals surface area contributed by atoms with Crippen molar-refractivity contribution in [3.63, 3.8) is 0 Å². The normalized spacial score (nSPS) is 11.2. The van der Waals surface area contributed by atoms with Crippen LogP contribution >= 0.6 is 0 Å². The van der Waals surface area contributed by atoms with Crippen molar-refractivity contribution >= 4 is 16.0 Å². The lowest BCUT2D eigenvalue weighted by Gasteiger charge is -2.09. The van der Waals surface area contributed by atoms with E-state index < -0.39 is 10.0 Å². The van der Waals surface area contributed by atoms with Crippen molar-refractivity contribution in [1.82, 2.24) is 19.7 Å². The van der Waals surface area contributed by atoms with Crippen LogP contribution in [-0.4, -0.2) is 35.3 Å². The molecule has 0 aliphatic rings. The molecule has 0 unspecified atom stereocenters. The number of aromatic nitrogens is 4. The molecule has 3 rings (SSSR count). The summed E-state index contributed by atoms with van der Waals surface area (Å²) in [6.07, 6.45) is 4.84. The molecule has 0 saturated carbocycles. The molecule has 1 aromatic carbocycles. The number of hydrogen-bond donors (Lipinski definition) is 1. The number of methoxy groups -OCH3 is 1. The zero-order valence-corrected chi connectivity index (χ0v) is 13.6. The fourth-order valence-electron chi connectivity index (χ4n) is 2.11. The van der Waals surface area contributed by atoms with Gasteiger partial charge < -0.3 is 4.74 Å². The van der Waals surface area contributed by atoms with Crippen LogP contribution in [0, 0.1) is 0 Å². The van der Waals surface area contributed by atoms with Crippen molar-refractivity contribution in [2.75, 3.05) is 11.8 Å². The fourth-order valence-corrected chi connectivity index (χ4v) is 3.23. The summed E-state index contributed by atoms with van der Waals surface area (Å²) in [5.74, 6) is 0.240. The Hall–Kier alpha value is -2.94. The number of benzene rings is 1. The third-order valence-corrected chi connectivity index (χ3v) is 4.56. The summed E-state index contributed by atoms with van der Waals surface area (Å²) in [5, 5.41) is 4.12. The number of anilines is 1. The Morgan fingerprint density at radius 2 is 2.04 bits per heavy atom. The SMILES string of the molecule is COc1ccccc1S(=O)(=O)Nc1ncn(Cc2cccnc2)n1. The molecule has 0 bridgehead atoms. The quantitative estimate of drug-likeness (QED) is 0.727. The predicted molar refractivity (Wildman–Crippen MR) is 87.2 cm³/mol. The zero-order valence-electron chi connectivity index (χ0n) is 12.8. The number of hydrogen-bond acceptors (Lipinski definition) is 6. The number of pyridine rings is 1. The first-order valence-corrected chi connectivity index (χ1v) is 8.51. The van der Waals surface area contributed by atoms with Gasteiger partial charge in [0.1, 0.15) is 17.0 Å². The van der Waals surface area contributed by atoms with Crippen LogP contribution in [0.4, 0.5) is 5.95 Å². The van der Waals surface area contributed by atoms with Crippen LogP contribution in [0.1, 0.15) is 5.56 Å². The number of sulfonamides is 1. The molecule has 24 heavy (non-hydrogen) atoms. The van der Waals surface area contributed by atoms with Gasteiger partial charge in [-0.25, -0.2) is 17.8 Å². The van der Waals surface area contributed by atoms with E-state index in [4.69, 9.17) is 4.74 Å². The molecule has 124 valence electrons. The highest BCUT2D eigenvalue weighted by molar-refractivity contribution is 7.92. The lowest BCUT2D eigenvalue weighted by Crippen LogP contribution is -2.15. The van der Waals surface area contributed by atoms with E-state index in [0.29, 0.717) is 6.54 Å². The predicted octanol–water partition coefficient (Wildman–Crippen LogP) is 1.53. The van der Waals surface area contributed by atoms with Crippen molar-refractivity contribution < 1.29 is 13.2 Å². The third kappa shape index (κ3) is 3.51. The lowest BCUT2D eigenvalue weighted by atomic mass is 10.3. The van der Waals surface area contributed by atoms with E-state index in [0.717, 1.165) is 5.56 Å². The van der Waals surface area contributed by atoms with E-state index >= 15 is 0 Å². The highest BCUT2D eigenvalue weighted by Gasteiger charge is 2.20. The van der Waals surface area contributed by atoms with Gasteiger partial charge in [-0.2, -0.15) is 4.98 Å². The summed E-state index contributed by atoms with van der Waals surface area (Å²) in [6, 6.07) is 10.0. The smallest absolute Gasteiger partial charge is 0.267 e. The second-order valence-electron chi connectivity index (χ2n) is 4.88. The maximum Gasteiger partial charge on any atom is 0.267 e. The first-order chi connectivity index (χ1) is 11.6. The first-order valence-electron chi connectivity index (χ1n) is 7.03. The Labute approximate surface area is 139 Å². The Bertz CT molecular complexity index is 925.